The van der Waals surface area contributed by atoms with Crippen molar-refractivity contribution in [3.05, 3.63) is 115 Å². The maximum absolute atomic E-state index is 6.52. The fourth-order valence-electron chi connectivity index (χ4n) is 6.11. The molecule has 0 spiro atoms. The predicted molar refractivity (Wildman–Crippen MR) is 138 cm³/mol. The maximum atomic E-state index is 6.52. The first-order valence-electron chi connectivity index (χ1n) is 11.8. The molecule has 3 nitrogen and oxygen atoms in total. The highest BCUT2D eigenvalue weighted by Crippen LogP contribution is 2.49. The quantitative estimate of drug-likeness (QED) is 0.333. The molecule has 0 bridgehead atoms. The average Bonchev–Trinajstić information content (AvgIpc) is 3.23. The highest BCUT2D eigenvalue weighted by molar-refractivity contribution is 6.98. The molecule has 2 unspecified atom stereocenters. The van der Waals surface area contributed by atoms with Crippen LogP contribution in [0.1, 0.15) is 11.5 Å². The molecule has 0 aromatic heterocycles. The van der Waals surface area contributed by atoms with E-state index in [1.54, 1.807) is 0 Å². The molecular formula is C30H20BNO2. The van der Waals surface area contributed by atoms with Crippen molar-refractivity contribution >= 4 is 34.5 Å². The topological polar surface area (TPSA) is 21.7 Å². The molecule has 34 heavy (non-hydrogen) atoms. The molecule has 0 radical (unpaired) electrons. The minimum Gasteiger partial charge on any atom is -0.458 e. The Morgan fingerprint density at radius 3 is 2.00 bits per heavy atom. The molecule has 2 atom stereocenters. The summed E-state index contributed by atoms with van der Waals surface area (Å²) >= 11 is 0. The Morgan fingerprint density at radius 1 is 0.647 bits per heavy atom. The number of fused-ring (bicyclic) bond motifs is 7. The fraction of sp³-hybridized carbons (Fsp3) is 0.0667. The van der Waals surface area contributed by atoms with E-state index >= 15 is 0 Å². The Hall–Kier alpha value is -4.18. The summed E-state index contributed by atoms with van der Waals surface area (Å²) in [5.74, 6) is 3.92. The Labute approximate surface area is 198 Å². The maximum Gasteiger partial charge on any atom is 0.260 e. The first-order chi connectivity index (χ1) is 16.9. The molecule has 3 heterocycles. The van der Waals surface area contributed by atoms with Gasteiger partial charge in [-0.15, -0.1) is 0 Å². The van der Waals surface area contributed by atoms with Crippen LogP contribution in [0.5, 0.6) is 23.0 Å². The predicted octanol–water partition coefficient (Wildman–Crippen LogP) is 5.14. The molecular weight excluding hydrogens is 417 g/mol. The van der Waals surface area contributed by atoms with Crippen molar-refractivity contribution in [1.82, 2.24) is 0 Å². The van der Waals surface area contributed by atoms with Gasteiger partial charge in [-0.3, -0.25) is 0 Å². The van der Waals surface area contributed by atoms with Gasteiger partial charge in [-0.05, 0) is 34.7 Å². The summed E-state index contributed by atoms with van der Waals surface area (Å²) in [6.45, 7) is 0.102. The minimum absolute atomic E-state index is 0.102. The molecule has 160 valence electrons. The van der Waals surface area contributed by atoms with Gasteiger partial charge in [0, 0.05) is 34.9 Å². The van der Waals surface area contributed by atoms with Crippen molar-refractivity contribution in [1.29, 1.82) is 0 Å². The second-order valence-electron chi connectivity index (χ2n) is 9.28. The number of allylic oxidation sites excluding steroid dienone is 2. The summed E-state index contributed by atoms with van der Waals surface area (Å²) < 4.78 is 13.0. The number of para-hydroxylation sites is 3. The van der Waals surface area contributed by atoms with Crippen LogP contribution in [0.4, 0.5) is 11.4 Å². The molecule has 0 saturated heterocycles. The Morgan fingerprint density at radius 2 is 1.26 bits per heavy atom. The van der Waals surface area contributed by atoms with Crippen LogP contribution in [0.25, 0.3) is 0 Å². The zero-order valence-electron chi connectivity index (χ0n) is 18.4. The van der Waals surface area contributed by atoms with Gasteiger partial charge in [-0.2, -0.15) is 0 Å². The fourth-order valence-corrected chi connectivity index (χ4v) is 6.11. The van der Waals surface area contributed by atoms with Crippen LogP contribution >= 0.6 is 0 Å². The van der Waals surface area contributed by atoms with Gasteiger partial charge in [-0.25, -0.2) is 0 Å². The van der Waals surface area contributed by atoms with Gasteiger partial charge in [0.2, 0.25) is 0 Å². The largest absolute Gasteiger partial charge is 0.458 e. The molecule has 0 fully saturated rings. The number of anilines is 2. The first-order valence-corrected chi connectivity index (χ1v) is 11.8. The van der Waals surface area contributed by atoms with Gasteiger partial charge >= 0.3 is 0 Å². The van der Waals surface area contributed by atoms with Crippen molar-refractivity contribution in [3.63, 3.8) is 0 Å². The van der Waals surface area contributed by atoms with E-state index in [4.69, 9.17) is 9.47 Å². The highest BCUT2D eigenvalue weighted by atomic mass is 16.5. The number of nitrogens with zero attached hydrogens (tertiary/aromatic N) is 1. The van der Waals surface area contributed by atoms with E-state index in [0.717, 1.165) is 34.1 Å². The number of hydrogen-bond donors (Lipinski definition) is 0. The van der Waals surface area contributed by atoms with Crippen LogP contribution in [0.3, 0.4) is 0 Å². The van der Waals surface area contributed by atoms with Crippen molar-refractivity contribution < 1.29 is 9.47 Å². The molecule has 8 rings (SSSR count). The van der Waals surface area contributed by atoms with Gasteiger partial charge in [0.25, 0.3) is 6.71 Å². The lowest BCUT2D eigenvalue weighted by Crippen LogP contribution is -2.57. The molecule has 1 aliphatic carbocycles. The third-order valence-electron chi connectivity index (χ3n) is 7.51. The smallest absolute Gasteiger partial charge is 0.260 e. The number of ether oxygens (including phenoxy) is 2. The zero-order chi connectivity index (χ0) is 22.2. The second-order valence-corrected chi connectivity index (χ2v) is 9.28. The third kappa shape index (κ3) is 2.37. The summed E-state index contributed by atoms with van der Waals surface area (Å²) in [7, 11) is 0. The minimum atomic E-state index is 0.102. The molecule has 0 N–H and O–H groups in total. The molecule has 0 amide bonds. The van der Waals surface area contributed by atoms with Crippen LogP contribution in [0.15, 0.2) is 109 Å². The van der Waals surface area contributed by atoms with Crippen LogP contribution < -0.4 is 30.8 Å². The van der Waals surface area contributed by atoms with Crippen LogP contribution in [0, 0.1) is 0 Å². The van der Waals surface area contributed by atoms with E-state index in [1.807, 2.05) is 12.1 Å². The van der Waals surface area contributed by atoms with Crippen molar-refractivity contribution in [2.24, 2.45) is 0 Å². The summed E-state index contributed by atoms with van der Waals surface area (Å²) in [5.41, 5.74) is 7.17. The van der Waals surface area contributed by atoms with Crippen molar-refractivity contribution in [2.45, 2.75) is 12.0 Å². The van der Waals surface area contributed by atoms with E-state index in [2.05, 4.69) is 102 Å². The van der Waals surface area contributed by atoms with Crippen molar-refractivity contribution in [3.8, 4) is 23.0 Å². The monoisotopic (exact) mass is 437 g/mol. The first kappa shape index (κ1) is 18.3. The lowest BCUT2D eigenvalue weighted by Gasteiger charge is -2.35. The third-order valence-corrected chi connectivity index (χ3v) is 7.51. The highest BCUT2D eigenvalue weighted by Gasteiger charge is 2.42. The number of hydrogen-bond acceptors (Lipinski definition) is 3. The van der Waals surface area contributed by atoms with E-state index in [-0.39, 0.29) is 12.8 Å². The summed E-state index contributed by atoms with van der Waals surface area (Å²) in [5, 5.41) is 0. The van der Waals surface area contributed by atoms with Crippen LogP contribution in [-0.2, 0) is 0 Å². The second kappa shape index (κ2) is 6.67. The molecule has 4 heteroatoms. The van der Waals surface area contributed by atoms with Gasteiger partial charge in [0.1, 0.15) is 23.0 Å². The van der Waals surface area contributed by atoms with Gasteiger partial charge in [0.15, 0.2) is 0 Å². The SMILES string of the molecule is C1=CC2c3ccccc3N(c3cc4c5c(c3)Oc3ccccc3B5c3ccccc3O4)C2C=C1. The van der Waals surface area contributed by atoms with Gasteiger partial charge in [0.05, 0.1) is 6.04 Å². The van der Waals surface area contributed by atoms with Crippen LogP contribution in [0.2, 0.25) is 0 Å². The van der Waals surface area contributed by atoms with Crippen LogP contribution in [-0.4, -0.2) is 12.8 Å². The lowest BCUT2D eigenvalue weighted by molar-refractivity contribution is 0.464. The number of benzene rings is 4. The summed E-state index contributed by atoms with van der Waals surface area (Å²) in [6.07, 6.45) is 8.91. The lowest BCUT2D eigenvalue weighted by atomic mass is 9.35. The summed E-state index contributed by atoms with van der Waals surface area (Å²) in [4.78, 5) is 2.43. The zero-order valence-corrected chi connectivity index (χ0v) is 18.4. The van der Waals surface area contributed by atoms with E-state index in [0.29, 0.717) is 5.92 Å². The molecule has 3 aliphatic heterocycles. The molecule has 4 aromatic rings. The van der Waals surface area contributed by atoms with Gasteiger partial charge in [-0.1, -0.05) is 78.9 Å². The van der Waals surface area contributed by atoms with E-state index in [1.165, 1.54) is 22.2 Å². The Balaban J connectivity index is 1.36. The Kier molecular flexibility index (Phi) is 3.59. The molecule has 0 saturated carbocycles. The van der Waals surface area contributed by atoms with E-state index < -0.39 is 0 Å². The molecule has 4 aliphatic rings. The molecule has 4 aromatic carbocycles. The summed E-state index contributed by atoms with van der Waals surface area (Å²) in [6, 6.07) is 30.1. The van der Waals surface area contributed by atoms with Crippen molar-refractivity contribution in [2.75, 3.05) is 4.90 Å². The van der Waals surface area contributed by atoms with Gasteiger partial charge < -0.3 is 14.4 Å². The Bertz CT molecular complexity index is 1480. The normalized spacial score (nSPS) is 19.9. The average molecular weight is 437 g/mol. The van der Waals surface area contributed by atoms with E-state index in [9.17, 15) is 0 Å². The standard InChI is InChI=1S/C30H20BNO2/c1-5-13-24-20(9-1)21-10-2-6-14-25(21)32(24)19-17-28-30-29(18-19)34-27-16-8-4-12-23(27)31(30)22-11-3-7-15-26(22)33-28/h1-18,20,24H. The number of rotatable bonds is 1.